The Balaban J connectivity index is 2.08. The minimum Gasteiger partial charge on any atom is -0.435 e. The molecule has 0 N–H and O–H groups in total. The highest BCUT2D eigenvalue weighted by atomic mass is 79.9. The summed E-state index contributed by atoms with van der Waals surface area (Å²) >= 11 is 3.51. The van der Waals surface area contributed by atoms with Crippen LogP contribution in [0.4, 0.5) is 0 Å². The highest BCUT2D eigenvalue weighted by molar-refractivity contribution is 9.08. The number of para-hydroxylation sites is 1. The maximum atomic E-state index is 6.01. The second-order valence-corrected chi connectivity index (χ2v) is 5.26. The highest BCUT2D eigenvalue weighted by Crippen LogP contribution is 2.31. The Hall–Kier alpha value is -2.08. The van der Waals surface area contributed by atoms with Gasteiger partial charge in [0.15, 0.2) is 5.75 Å². The first-order valence-corrected chi connectivity index (χ1v) is 7.67. The molecule has 0 amide bonds. The first kappa shape index (κ1) is 13.9. The molecule has 0 fully saturated rings. The monoisotopic (exact) mass is 346 g/mol. The van der Waals surface area contributed by atoms with Gasteiger partial charge in [0.25, 0.3) is 0 Å². The first-order valence-electron chi connectivity index (χ1n) is 6.55. The van der Waals surface area contributed by atoms with E-state index in [0.29, 0.717) is 17.0 Å². The van der Waals surface area contributed by atoms with Crippen molar-refractivity contribution >= 4 is 15.9 Å². The zero-order valence-corrected chi connectivity index (χ0v) is 13.4. The van der Waals surface area contributed by atoms with Gasteiger partial charge in [-0.15, -0.1) is 0 Å². The zero-order valence-electron chi connectivity index (χ0n) is 11.8. The minimum absolute atomic E-state index is 0.682. The lowest BCUT2D eigenvalue weighted by atomic mass is 10.3. The lowest BCUT2D eigenvalue weighted by molar-refractivity contribution is 0.440. The lowest BCUT2D eigenvalue weighted by Gasteiger charge is -2.08. The molecule has 0 saturated heterocycles. The largest absolute Gasteiger partial charge is 0.435 e. The average Bonchev–Trinajstić information content (AvgIpc) is 3.04. The van der Waals surface area contributed by atoms with Crippen molar-refractivity contribution in [3.63, 3.8) is 0 Å². The van der Waals surface area contributed by atoms with E-state index in [2.05, 4.69) is 26.1 Å². The van der Waals surface area contributed by atoms with E-state index in [4.69, 9.17) is 4.74 Å². The second kappa shape index (κ2) is 5.73. The molecule has 0 aliphatic heterocycles. The number of nitrogens with zero attached hydrogens (tertiary/aromatic N) is 4. The molecule has 0 spiro atoms. The third kappa shape index (κ3) is 2.71. The van der Waals surface area contributed by atoms with Crippen LogP contribution in [0.5, 0.6) is 11.6 Å². The number of rotatable bonds is 4. The Morgan fingerprint density at radius 2 is 2.00 bits per heavy atom. The Kier molecular flexibility index (Phi) is 3.79. The number of halogens is 1. The van der Waals surface area contributed by atoms with Gasteiger partial charge in [0.1, 0.15) is 0 Å². The number of aromatic nitrogens is 4. The van der Waals surface area contributed by atoms with Crippen molar-refractivity contribution in [1.82, 2.24) is 19.6 Å². The van der Waals surface area contributed by atoms with Crippen molar-refractivity contribution in [1.29, 1.82) is 0 Å². The van der Waals surface area contributed by atoms with Gasteiger partial charge in [-0.3, -0.25) is 4.68 Å². The van der Waals surface area contributed by atoms with Crippen LogP contribution in [-0.2, 0) is 12.4 Å². The van der Waals surface area contributed by atoms with E-state index in [1.807, 2.05) is 55.2 Å². The number of aryl methyl sites for hydroxylation is 2. The molecule has 0 aliphatic carbocycles. The summed E-state index contributed by atoms with van der Waals surface area (Å²) in [7, 11) is 1.86. The summed E-state index contributed by atoms with van der Waals surface area (Å²) < 4.78 is 9.54. The fourth-order valence-electron chi connectivity index (χ4n) is 2.10. The van der Waals surface area contributed by atoms with Crippen LogP contribution in [0, 0.1) is 6.92 Å². The predicted octanol–water partition coefficient (Wildman–Crippen LogP) is 3.60. The van der Waals surface area contributed by atoms with E-state index in [1.165, 1.54) is 0 Å². The molecule has 0 saturated carbocycles. The van der Waals surface area contributed by atoms with Gasteiger partial charge in [0.05, 0.1) is 23.8 Å². The van der Waals surface area contributed by atoms with Gasteiger partial charge in [-0.2, -0.15) is 10.2 Å². The molecule has 0 aliphatic rings. The maximum Gasteiger partial charge on any atom is 0.227 e. The quantitative estimate of drug-likeness (QED) is 0.678. The smallest absolute Gasteiger partial charge is 0.227 e. The molecule has 1 aromatic carbocycles. The molecule has 2 heterocycles. The van der Waals surface area contributed by atoms with Gasteiger partial charge >= 0.3 is 0 Å². The topological polar surface area (TPSA) is 44.9 Å². The van der Waals surface area contributed by atoms with Crippen LogP contribution < -0.4 is 4.74 Å². The van der Waals surface area contributed by atoms with Crippen LogP contribution in [0.2, 0.25) is 0 Å². The Morgan fingerprint density at radius 1 is 1.24 bits per heavy atom. The summed E-state index contributed by atoms with van der Waals surface area (Å²) in [6, 6.07) is 9.94. The lowest BCUT2D eigenvalue weighted by Crippen LogP contribution is -2.00. The van der Waals surface area contributed by atoms with Crippen LogP contribution in [0.25, 0.3) is 5.69 Å². The van der Waals surface area contributed by atoms with Crippen LogP contribution in [-0.4, -0.2) is 19.6 Å². The highest BCUT2D eigenvalue weighted by Gasteiger charge is 2.18. The van der Waals surface area contributed by atoms with Crippen molar-refractivity contribution in [2.45, 2.75) is 12.3 Å². The molecule has 0 unspecified atom stereocenters. The molecule has 21 heavy (non-hydrogen) atoms. The molecule has 5 nitrogen and oxygen atoms in total. The van der Waals surface area contributed by atoms with Gasteiger partial charge < -0.3 is 4.74 Å². The van der Waals surface area contributed by atoms with Crippen LogP contribution in [0.3, 0.4) is 0 Å². The number of alkyl halides is 1. The Morgan fingerprint density at radius 3 is 2.62 bits per heavy atom. The summed E-state index contributed by atoms with van der Waals surface area (Å²) in [6.07, 6.45) is 3.52. The van der Waals surface area contributed by atoms with Crippen LogP contribution in [0.15, 0.2) is 42.7 Å². The minimum atomic E-state index is 0.682. The molecule has 0 radical (unpaired) electrons. The summed E-state index contributed by atoms with van der Waals surface area (Å²) in [5.74, 6) is 1.40. The van der Waals surface area contributed by atoms with E-state index in [-0.39, 0.29) is 0 Å². The van der Waals surface area contributed by atoms with Gasteiger partial charge in [0.2, 0.25) is 5.88 Å². The van der Waals surface area contributed by atoms with E-state index in [0.717, 1.165) is 16.9 Å². The standard InChI is InChI=1S/C15H15BrN4O/c1-11-14(8-16)15(21-13-9-17-19(2)10-13)20(18-11)12-6-4-3-5-7-12/h3-7,9-10H,8H2,1-2H3. The van der Waals surface area contributed by atoms with Crippen molar-refractivity contribution in [2.24, 2.45) is 7.05 Å². The normalized spacial score (nSPS) is 10.8. The molecule has 6 heteroatoms. The Bertz CT molecular complexity index is 748. The van der Waals surface area contributed by atoms with Gasteiger partial charge in [-0.1, -0.05) is 34.1 Å². The van der Waals surface area contributed by atoms with Crippen molar-refractivity contribution in [2.75, 3.05) is 0 Å². The average molecular weight is 347 g/mol. The van der Waals surface area contributed by atoms with Gasteiger partial charge in [-0.25, -0.2) is 4.68 Å². The van der Waals surface area contributed by atoms with E-state index < -0.39 is 0 Å². The number of ether oxygens (including phenoxy) is 1. The third-order valence-corrected chi connectivity index (χ3v) is 3.73. The van der Waals surface area contributed by atoms with Crippen molar-refractivity contribution in [3.05, 3.63) is 54.0 Å². The maximum absolute atomic E-state index is 6.01. The van der Waals surface area contributed by atoms with Gasteiger partial charge in [0, 0.05) is 17.9 Å². The Labute approximate surface area is 131 Å². The second-order valence-electron chi connectivity index (χ2n) is 4.70. The molecule has 0 bridgehead atoms. The molecule has 3 aromatic rings. The fraction of sp³-hybridized carbons (Fsp3) is 0.200. The summed E-state index contributed by atoms with van der Waals surface area (Å²) in [5, 5.41) is 9.40. The number of hydrogen-bond acceptors (Lipinski definition) is 3. The molecule has 108 valence electrons. The van der Waals surface area contributed by atoms with Crippen LogP contribution >= 0.6 is 15.9 Å². The van der Waals surface area contributed by atoms with Crippen LogP contribution in [0.1, 0.15) is 11.3 Å². The first-order chi connectivity index (χ1) is 10.2. The molecule has 2 aromatic heterocycles. The predicted molar refractivity (Wildman–Crippen MR) is 84.2 cm³/mol. The zero-order chi connectivity index (χ0) is 14.8. The van der Waals surface area contributed by atoms with E-state index in [1.54, 1.807) is 10.9 Å². The summed E-state index contributed by atoms with van der Waals surface area (Å²) in [6.45, 7) is 1.98. The summed E-state index contributed by atoms with van der Waals surface area (Å²) in [5.41, 5.74) is 2.93. The molecular formula is C15H15BrN4O. The number of hydrogen-bond donors (Lipinski definition) is 0. The van der Waals surface area contributed by atoms with E-state index >= 15 is 0 Å². The van der Waals surface area contributed by atoms with Crippen molar-refractivity contribution in [3.8, 4) is 17.3 Å². The molecule has 3 rings (SSSR count). The number of benzene rings is 1. The SMILES string of the molecule is Cc1nn(-c2ccccc2)c(Oc2cnn(C)c2)c1CBr. The van der Waals surface area contributed by atoms with Crippen molar-refractivity contribution < 1.29 is 4.74 Å². The summed E-state index contributed by atoms with van der Waals surface area (Å²) in [4.78, 5) is 0. The van der Waals surface area contributed by atoms with E-state index in [9.17, 15) is 0 Å². The third-order valence-electron chi connectivity index (χ3n) is 3.17. The molecular weight excluding hydrogens is 332 g/mol. The fourth-order valence-corrected chi connectivity index (χ4v) is 2.75. The van der Waals surface area contributed by atoms with Gasteiger partial charge in [-0.05, 0) is 19.1 Å². The molecule has 0 atom stereocenters.